The number of nitro benzene ring substituents is 1. The first-order valence-electron chi connectivity index (χ1n) is 10.3. The average molecular weight is 424 g/mol. The number of carbonyl (C=O) groups is 1. The molecule has 2 aliphatic heterocycles. The molecule has 0 bridgehead atoms. The van der Waals surface area contributed by atoms with Crippen LogP contribution in [0.5, 0.6) is 0 Å². The third kappa shape index (κ3) is 5.53. The maximum atomic E-state index is 12.2. The molecule has 3 rings (SSSR count). The minimum atomic E-state index is -0.457. The van der Waals surface area contributed by atoms with Crippen molar-refractivity contribution < 1.29 is 14.5 Å². The largest absolute Gasteiger partial charge is 0.444 e. The van der Waals surface area contributed by atoms with Crippen LogP contribution < -0.4 is 4.90 Å². The predicted molar refractivity (Wildman–Crippen MR) is 114 cm³/mol. The predicted octanol–water partition coefficient (Wildman–Crippen LogP) is 5.11. The van der Waals surface area contributed by atoms with Crippen LogP contribution in [-0.2, 0) is 4.74 Å². The van der Waals surface area contributed by atoms with E-state index in [0.29, 0.717) is 11.8 Å². The van der Waals surface area contributed by atoms with Crippen LogP contribution in [0.15, 0.2) is 18.2 Å². The number of hydrogen-bond acceptors (Lipinski definition) is 5. The Morgan fingerprint density at radius 2 is 1.66 bits per heavy atom. The fourth-order valence-corrected chi connectivity index (χ4v) is 4.59. The molecule has 7 nitrogen and oxygen atoms in total. The van der Waals surface area contributed by atoms with E-state index in [2.05, 4.69) is 4.90 Å². The summed E-state index contributed by atoms with van der Waals surface area (Å²) in [6.45, 7) is 9.04. The smallest absolute Gasteiger partial charge is 0.410 e. The highest BCUT2D eigenvalue weighted by molar-refractivity contribution is 6.32. The Morgan fingerprint density at radius 1 is 1.10 bits per heavy atom. The van der Waals surface area contributed by atoms with Gasteiger partial charge in [0.25, 0.3) is 5.69 Å². The second-order valence-corrected chi connectivity index (χ2v) is 9.43. The van der Waals surface area contributed by atoms with Crippen LogP contribution in [0, 0.1) is 22.0 Å². The fourth-order valence-electron chi connectivity index (χ4n) is 4.35. The summed E-state index contributed by atoms with van der Waals surface area (Å²) < 4.78 is 5.48. The third-order valence-electron chi connectivity index (χ3n) is 5.89. The zero-order chi connectivity index (χ0) is 21.2. The monoisotopic (exact) mass is 423 g/mol. The van der Waals surface area contributed by atoms with Crippen LogP contribution in [0.1, 0.15) is 46.5 Å². The summed E-state index contributed by atoms with van der Waals surface area (Å²) in [5.41, 5.74) is 0.433. The van der Waals surface area contributed by atoms with Crippen molar-refractivity contribution in [2.45, 2.75) is 52.1 Å². The number of ether oxygens (including phenoxy) is 1. The lowest BCUT2D eigenvalue weighted by Crippen LogP contribution is -2.44. The van der Waals surface area contributed by atoms with E-state index in [1.54, 1.807) is 12.1 Å². The van der Waals surface area contributed by atoms with Gasteiger partial charge in [0.05, 0.1) is 4.92 Å². The number of halogens is 1. The number of rotatable bonds is 3. The first-order valence-corrected chi connectivity index (χ1v) is 10.7. The lowest BCUT2D eigenvalue weighted by molar-refractivity contribution is -0.384. The van der Waals surface area contributed by atoms with Crippen molar-refractivity contribution in [2.24, 2.45) is 11.8 Å². The summed E-state index contributed by atoms with van der Waals surface area (Å²) in [7, 11) is 0. The number of anilines is 1. The van der Waals surface area contributed by atoms with Gasteiger partial charge in [-0.15, -0.1) is 0 Å². The second-order valence-electron chi connectivity index (χ2n) is 9.02. The molecular formula is C21H30ClN3O4. The minimum absolute atomic E-state index is 0.0537. The van der Waals surface area contributed by atoms with Crippen LogP contribution in [0.4, 0.5) is 16.2 Å². The first kappa shape index (κ1) is 21.7. The minimum Gasteiger partial charge on any atom is -0.444 e. The van der Waals surface area contributed by atoms with E-state index in [1.807, 2.05) is 25.7 Å². The maximum absolute atomic E-state index is 12.2. The lowest BCUT2D eigenvalue weighted by atomic mass is 9.79. The van der Waals surface area contributed by atoms with Crippen molar-refractivity contribution in [3.05, 3.63) is 33.3 Å². The summed E-state index contributed by atoms with van der Waals surface area (Å²) in [4.78, 5) is 26.8. The van der Waals surface area contributed by atoms with E-state index in [0.717, 1.165) is 57.5 Å². The van der Waals surface area contributed by atoms with Crippen LogP contribution in [0.2, 0.25) is 5.02 Å². The van der Waals surface area contributed by atoms with Gasteiger partial charge in [0.2, 0.25) is 0 Å². The number of hydrogen-bond donors (Lipinski definition) is 0. The molecule has 0 spiro atoms. The number of benzene rings is 1. The molecule has 1 aromatic carbocycles. The third-order valence-corrected chi connectivity index (χ3v) is 6.19. The van der Waals surface area contributed by atoms with Crippen molar-refractivity contribution >= 4 is 29.1 Å². The Labute approximate surface area is 177 Å². The van der Waals surface area contributed by atoms with Gasteiger partial charge in [0.15, 0.2) is 0 Å². The van der Waals surface area contributed by atoms with Crippen molar-refractivity contribution in [1.29, 1.82) is 0 Å². The van der Waals surface area contributed by atoms with Crippen molar-refractivity contribution in [3.63, 3.8) is 0 Å². The van der Waals surface area contributed by atoms with Gasteiger partial charge in [-0.25, -0.2) is 4.79 Å². The molecule has 0 saturated carbocycles. The molecular weight excluding hydrogens is 394 g/mol. The zero-order valence-electron chi connectivity index (χ0n) is 17.4. The number of nitro groups is 1. The first-order chi connectivity index (χ1) is 13.6. The number of carbonyl (C=O) groups excluding carboxylic acids is 1. The van der Waals surface area contributed by atoms with Gasteiger partial charge in [-0.2, -0.15) is 0 Å². The molecule has 0 N–H and O–H groups in total. The standard InChI is InChI=1S/C21H30ClN3O4/c1-21(2,3)29-20(26)24-12-8-16(9-13-24)15-6-10-23(11-7-15)17-4-5-19(25(27)28)18(22)14-17/h4-5,14-16H,6-13H2,1-3H3. The Bertz CT molecular complexity index is 749. The van der Waals surface area contributed by atoms with Gasteiger partial charge in [-0.3, -0.25) is 10.1 Å². The average Bonchev–Trinajstić information content (AvgIpc) is 2.66. The summed E-state index contributed by atoms with van der Waals surface area (Å²) in [6.07, 6.45) is 4.01. The van der Waals surface area contributed by atoms with E-state index in [-0.39, 0.29) is 16.8 Å². The Balaban J connectivity index is 1.49. The molecule has 8 heteroatoms. The fraction of sp³-hybridized carbons (Fsp3) is 0.667. The molecule has 0 aliphatic carbocycles. The molecule has 0 unspecified atom stereocenters. The van der Waals surface area contributed by atoms with E-state index in [4.69, 9.17) is 16.3 Å². The topological polar surface area (TPSA) is 75.9 Å². The summed E-state index contributed by atoms with van der Waals surface area (Å²) in [5, 5.41) is 11.1. The SMILES string of the molecule is CC(C)(C)OC(=O)N1CCC(C2CCN(c3ccc([N+](=O)[O-])c(Cl)c3)CC2)CC1. The summed E-state index contributed by atoms with van der Waals surface area (Å²) >= 11 is 6.06. The van der Waals surface area contributed by atoms with Gasteiger partial charge in [-0.1, -0.05) is 11.6 Å². The maximum Gasteiger partial charge on any atom is 0.410 e. The van der Waals surface area contributed by atoms with Crippen molar-refractivity contribution in [3.8, 4) is 0 Å². The van der Waals surface area contributed by atoms with E-state index in [1.165, 1.54) is 6.07 Å². The molecule has 2 aliphatic rings. The summed E-state index contributed by atoms with van der Waals surface area (Å²) in [5.74, 6) is 1.29. The molecule has 2 saturated heterocycles. The van der Waals surface area contributed by atoms with Crippen LogP contribution >= 0.6 is 11.6 Å². The van der Waals surface area contributed by atoms with E-state index < -0.39 is 10.5 Å². The van der Waals surface area contributed by atoms with Gasteiger partial charge >= 0.3 is 6.09 Å². The van der Waals surface area contributed by atoms with Crippen LogP contribution in [0.25, 0.3) is 0 Å². The number of nitrogens with zero attached hydrogens (tertiary/aromatic N) is 3. The molecule has 1 amide bonds. The number of likely N-dealkylation sites (tertiary alicyclic amines) is 1. The molecule has 0 aromatic heterocycles. The van der Waals surface area contributed by atoms with Gasteiger partial charge < -0.3 is 14.5 Å². The van der Waals surface area contributed by atoms with Gasteiger partial charge in [0, 0.05) is 37.9 Å². The van der Waals surface area contributed by atoms with Crippen LogP contribution in [-0.4, -0.2) is 47.7 Å². The lowest BCUT2D eigenvalue weighted by Gasteiger charge is -2.41. The quantitative estimate of drug-likeness (QED) is 0.498. The Kier molecular flexibility index (Phi) is 6.56. The molecule has 160 valence electrons. The second kappa shape index (κ2) is 8.78. The van der Waals surface area contributed by atoms with E-state index >= 15 is 0 Å². The highest BCUT2D eigenvalue weighted by atomic mass is 35.5. The highest BCUT2D eigenvalue weighted by Gasteiger charge is 2.32. The Hall–Kier alpha value is -2.02. The van der Waals surface area contributed by atoms with Gasteiger partial charge in [-0.05, 0) is 70.4 Å². The highest BCUT2D eigenvalue weighted by Crippen LogP contribution is 2.36. The Morgan fingerprint density at radius 3 is 2.14 bits per heavy atom. The van der Waals surface area contributed by atoms with E-state index in [9.17, 15) is 14.9 Å². The molecule has 1 aromatic rings. The van der Waals surface area contributed by atoms with Crippen molar-refractivity contribution in [1.82, 2.24) is 4.90 Å². The molecule has 0 atom stereocenters. The number of amides is 1. The van der Waals surface area contributed by atoms with Crippen LogP contribution in [0.3, 0.4) is 0 Å². The molecule has 29 heavy (non-hydrogen) atoms. The number of piperidine rings is 2. The summed E-state index contributed by atoms with van der Waals surface area (Å²) in [6, 6.07) is 4.96. The molecule has 2 heterocycles. The molecule has 2 fully saturated rings. The van der Waals surface area contributed by atoms with Crippen molar-refractivity contribution in [2.75, 3.05) is 31.1 Å². The zero-order valence-corrected chi connectivity index (χ0v) is 18.2. The normalized spacial score (nSPS) is 19.3. The van der Waals surface area contributed by atoms with Gasteiger partial charge in [0.1, 0.15) is 10.6 Å². The molecule has 0 radical (unpaired) electrons.